The second-order valence-electron chi connectivity index (χ2n) is 3.05. The first-order valence-electron chi connectivity index (χ1n) is 4.93. The summed E-state index contributed by atoms with van der Waals surface area (Å²) in [7, 11) is 1.68. The van der Waals surface area contributed by atoms with Crippen molar-refractivity contribution in [2.45, 2.75) is 13.1 Å². The summed E-state index contributed by atoms with van der Waals surface area (Å²) in [6.45, 7) is 0.188. The molecule has 114 valence electrons. The minimum atomic E-state index is -4.00. The van der Waals surface area contributed by atoms with Crippen LogP contribution in [0.3, 0.4) is 0 Å². The van der Waals surface area contributed by atoms with Crippen LogP contribution in [0.2, 0.25) is 0 Å². The normalized spacial score (nSPS) is 9.35. The lowest BCUT2D eigenvalue weighted by Crippen LogP contribution is -2.04. The fraction of sp³-hybridized carbons (Fsp3) is 0.364. The maximum absolute atomic E-state index is 11.0. The number of methoxy groups -OCH3 is 1. The molecule has 1 aromatic carbocycles. The zero-order valence-corrected chi connectivity index (χ0v) is 10.9. The average Bonchev–Trinajstić information content (AvgIpc) is 2.38. The number of rotatable bonds is 2. The minimum Gasteiger partial charge on any atom is -0.465 e. The van der Waals surface area contributed by atoms with Crippen LogP contribution in [0, 0.1) is 10.1 Å². The number of carbonyl (C=O) groups excluding carboxylic acids is 1. The fourth-order valence-electron chi connectivity index (χ4n) is 0.915. The van der Waals surface area contributed by atoms with Gasteiger partial charge in [-0.05, 0) is 6.07 Å². The van der Waals surface area contributed by atoms with Crippen LogP contribution in [0.15, 0.2) is 24.3 Å². The summed E-state index contributed by atoms with van der Waals surface area (Å²) in [4.78, 5) is 20.8. The number of nitro benzene ring substituents is 1. The molecule has 1 rings (SSSR count). The smallest absolute Gasteiger partial charge is 0.386 e. The molecule has 0 atom stereocenters. The zero-order valence-electron chi connectivity index (χ0n) is 10.9. The molecule has 0 unspecified atom stereocenters. The second kappa shape index (κ2) is 9.70. The van der Waals surface area contributed by atoms with Crippen LogP contribution in [0.1, 0.15) is 17.3 Å². The number of ether oxygens (including phenoxy) is 1. The number of hydrogen-bond acceptors (Lipinski definition) is 4. The summed E-state index contributed by atoms with van der Waals surface area (Å²) in [5.74, 6) is -0.702. The molecule has 0 radical (unpaired) electrons. The van der Waals surface area contributed by atoms with Crippen LogP contribution in [-0.2, 0) is 4.74 Å². The molecule has 0 aliphatic heterocycles. The highest BCUT2D eigenvalue weighted by atomic mass is 19.4. The summed E-state index contributed by atoms with van der Waals surface area (Å²) in [6, 6.07) is 5.64. The molecule has 0 heterocycles. The fourth-order valence-corrected chi connectivity index (χ4v) is 0.915. The van der Waals surface area contributed by atoms with Crippen LogP contribution in [0.25, 0.3) is 0 Å². The molecule has 0 aliphatic rings. The number of para-hydroxylation sites is 1. The van der Waals surface area contributed by atoms with Gasteiger partial charge in [-0.2, -0.15) is 13.2 Å². The second-order valence-corrected chi connectivity index (χ2v) is 3.05. The van der Waals surface area contributed by atoms with E-state index in [1.54, 1.807) is 6.07 Å². The Hall–Kier alpha value is -2.19. The van der Waals surface area contributed by atoms with E-state index in [9.17, 15) is 32.5 Å². The predicted octanol–water partition coefficient (Wildman–Crippen LogP) is 3.54. The molecule has 0 aliphatic carbocycles. The van der Waals surface area contributed by atoms with Gasteiger partial charge in [0, 0.05) is 13.0 Å². The molecule has 0 saturated heterocycles. The number of halogens is 4. The van der Waals surface area contributed by atoms with Crippen molar-refractivity contribution in [2.24, 2.45) is 0 Å². The topological polar surface area (TPSA) is 69.4 Å². The first kappa shape index (κ1) is 20.1. The highest BCUT2D eigenvalue weighted by Crippen LogP contribution is 2.17. The lowest BCUT2D eigenvalue weighted by Gasteiger charge is -1.99. The maximum atomic E-state index is 11.0. The third-order valence-corrected chi connectivity index (χ3v) is 1.51. The maximum Gasteiger partial charge on any atom is 0.386 e. The van der Waals surface area contributed by atoms with Crippen LogP contribution in [-0.4, -0.2) is 31.4 Å². The van der Waals surface area contributed by atoms with Crippen molar-refractivity contribution < 1.29 is 32.0 Å². The Morgan fingerprint density at radius 1 is 1.25 bits per heavy atom. The summed E-state index contributed by atoms with van der Waals surface area (Å²) in [5.41, 5.74) is -0.274. The number of alkyl halides is 4. The van der Waals surface area contributed by atoms with Gasteiger partial charge < -0.3 is 4.74 Å². The number of nitro groups is 1. The monoisotopic (exact) mass is 299 g/mol. The van der Waals surface area contributed by atoms with Gasteiger partial charge in [-0.25, -0.2) is 4.79 Å². The predicted molar refractivity (Wildman–Crippen MR) is 63.2 cm³/mol. The van der Waals surface area contributed by atoms with Crippen LogP contribution in [0.4, 0.5) is 23.2 Å². The van der Waals surface area contributed by atoms with Crippen LogP contribution >= 0.6 is 0 Å². The Bertz CT molecular complexity index is 429. The first-order chi connectivity index (χ1) is 9.16. The Labute approximate surface area is 112 Å². The SMILES string of the molecule is CC(F)(F)F.CF.COC(=O)c1ccccc1[N+](=O)[O-]. The number of benzene rings is 1. The van der Waals surface area contributed by atoms with Crippen LogP contribution < -0.4 is 0 Å². The molecule has 0 saturated carbocycles. The third kappa shape index (κ3) is 9.80. The van der Waals surface area contributed by atoms with Gasteiger partial charge in [0.05, 0.1) is 19.2 Å². The first-order valence-corrected chi connectivity index (χ1v) is 4.93. The number of esters is 1. The molecule has 1 aromatic rings. The molecular formula is C11H13F4NO4. The van der Waals surface area contributed by atoms with Gasteiger partial charge in [0.1, 0.15) is 5.56 Å². The molecule has 20 heavy (non-hydrogen) atoms. The Balaban J connectivity index is 0. The van der Waals surface area contributed by atoms with E-state index in [4.69, 9.17) is 0 Å². The molecule has 0 aromatic heterocycles. The number of carbonyl (C=O) groups is 1. The van der Waals surface area contributed by atoms with Gasteiger partial charge in [0.25, 0.3) is 5.69 Å². The van der Waals surface area contributed by atoms with Crippen molar-refractivity contribution >= 4 is 11.7 Å². The van der Waals surface area contributed by atoms with Gasteiger partial charge in [-0.15, -0.1) is 0 Å². The van der Waals surface area contributed by atoms with Crippen molar-refractivity contribution in [1.29, 1.82) is 0 Å². The van der Waals surface area contributed by atoms with Gasteiger partial charge in [-0.3, -0.25) is 14.5 Å². The number of nitrogens with zero attached hydrogens (tertiary/aromatic N) is 1. The van der Waals surface area contributed by atoms with E-state index in [1.165, 1.54) is 25.3 Å². The van der Waals surface area contributed by atoms with E-state index in [0.29, 0.717) is 7.18 Å². The Kier molecular flexibility index (Phi) is 9.77. The molecular weight excluding hydrogens is 286 g/mol. The largest absolute Gasteiger partial charge is 0.465 e. The van der Waals surface area contributed by atoms with E-state index in [0.717, 1.165) is 0 Å². The third-order valence-electron chi connectivity index (χ3n) is 1.51. The Morgan fingerprint density at radius 3 is 2.00 bits per heavy atom. The molecule has 0 amide bonds. The summed E-state index contributed by atoms with van der Waals surface area (Å²) in [5, 5.41) is 10.4. The highest BCUT2D eigenvalue weighted by molar-refractivity contribution is 5.93. The van der Waals surface area contributed by atoms with E-state index in [-0.39, 0.29) is 18.2 Å². The van der Waals surface area contributed by atoms with E-state index < -0.39 is 17.1 Å². The van der Waals surface area contributed by atoms with Gasteiger partial charge >= 0.3 is 12.1 Å². The van der Waals surface area contributed by atoms with Crippen LogP contribution in [0.5, 0.6) is 0 Å². The molecule has 0 N–H and O–H groups in total. The molecule has 9 heteroatoms. The van der Waals surface area contributed by atoms with Crippen molar-refractivity contribution in [1.82, 2.24) is 0 Å². The minimum absolute atomic E-state index is 0.0324. The van der Waals surface area contributed by atoms with Crippen molar-refractivity contribution in [2.75, 3.05) is 14.3 Å². The van der Waals surface area contributed by atoms with Crippen molar-refractivity contribution in [3.05, 3.63) is 39.9 Å². The lowest BCUT2D eigenvalue weighted by atomic mass is 10.2. The molecule has 0 fully saturated rings. The summed E-state index contributed by atoms with van der Waals surface area (Å²) >= 11 is 0. The van der Waals surface area contributed by atoms with Gasteiger partial charge in [0.2, 0.25) is 0 Å². The van der Waals surface area contributed by atoms with E-state index >= 15 is 0 Å². The quantitative estimate of drug-likeness (QED) is 0.362. The van der Waals surface area contributed by atoms with Gasteiger partial charge in [-0.1, -0.05) is 12.1 Å². The van der Waals surface area contributed by atoms with Gasteiger partial charge in [0.15, 0.2) is 0 Å². The summed E-state index contributed by atoms with van der Waals surface area (Å²) < 4.78 is 44.9. The lowest BCUT2D eigenvalue weighted by molar-refractivity contribution is -0.385. The standard InChI is InChI=1S/C8H7NO4.C2H3F3.CH3F/c1-13-8(10)6-4-2-3-5-7(6)9(11)12;1-2(3,4)5;1-2/h2-5H,1H3;1H3;1H3. The molecule has 5 nitrogen and oxygen atoms in total. The molecule has 0 spiro atoms. The van der Waals surface area contributed by atoms with E-state index in [2.05, 4.69) is 4.74 Å². The Morgan fingerprint density at radius 2 is 1.65 bits per heavy atom. The number of hydrogen-bond donors (Lipinski definition) is 0. The molecule has 0 bridgehead atoms. The highest BCUT2D eigenvalue weighted by Gasteiger charge is 2.19. The van der Waals surface area contributed by atoms with E-state index in [1.807, 2.05) is 0 Å². The van der Waals surface area contributed by atoms with Crippen molar-refractivity contribution in [3.8, 4) is 0 Å². The van der Waals surface area contributed by atoms with Crippen molar-refractivity contribution in [3.63, 3.8) is 0 Å². The zero-order chi connectivity index (χ0) is 16.3. The summed E-state index contributed by atoms with van der Waals surface area (Å²) in [6.07, 6.45) is -4.00. The average molecular weight is 299 g/mol.